The number of nitrogens with one attached hydrogen (secondary N) is 1. The molecule has 1 amide bonds. The van der Waals surface area contributed by atoms with Gasteiger partial charge in [-0.2, -0.15) is 0 Å². The lowest BCUT2D eigenvalue weighted by molar-refractivity contribution is -0.143. The average molecular weight is 173 g/mol. The Morgan fingerprint density at radius 3 is 2.67 bits per heavy atom. The number of carbonyl (C=O) groups is 2. The minimum atomic E-state index is -0.782. The Kier molecular flexibility index (Phi) is 5.42. The fourth-order valence-corrected chi connectivity index (χ4v) is 0.423. The largest absolute Gasteiger partial charge is 0.448 e. The molecule has 5 heteroatoms. The van der Waals surface area contributed by atoms with E-state index in [4.69, 9.17) is 0 Å². The fraction of sp³-hybridized carbons (Fsp3) is 0.429. The molecule has 12 heavy (non-hydrogen) atoms. The lowest BCUT2D eigenvalue weighted by Gasteiger charge is -2.02. The summed E-state index contributed by atoms with van der Waals surface area (Å²) in [6.45, 7) is 3.53. The van der Waals surface area contributed by atoms with Gasteiger partial charge in [-0.1, -0.05) is 6.08 Å². The van der Waals surface area contributed by atoms with Gasteiger partial charge in [0.15, 0.2) is 0 Å². The number of hydrogen-bond donors (Lipinski definition) is 1. The molecule has 0 aliphatic heterocycles. The van der Waals surface area contributed by atoms with Crippen molar-refractivity contribution in [2.45, 2.75) is 13.8 Å². The summed E-state index contributed by atoms with van der Waals surface area (Å²) in [5.41, 5.74) is 1.81. The van der Waals surface area contributed by atoms with Gasteiger partial charge in [0.05, 0.1) is 6.61 Å². The Morgan fingerprint density at radius 1 is 1.50 bits per heavy atom. The van der Waals surface area contributed by atoms with Crippen LogP contribution in [0.4, 0.5) is 4.79 Å². The van der Waals surface area contributed by atoms with Gasteiger partial charge in [-0.15, -0.1) is 5.48 Å². The van der Waals surface area contributed by atoms with Gasteiger partial charge in [-0.25, -0.2) is 9.59 Å². The average Bonchev–Trinajstić information content (AvgIpc) is 2.02. The van der Waals surface area contributed by atoms with Crippen molar-refractivity contribution in [1.29, 1.82) is 0 Å². The van der Waals surface area contributed by atoms with Crippen molar-refractivity contribution in [3.05, 3.63) is 12.2 Å². The topological polar surface area (TPSA) is 64.6 Å². The zero-order valence-electron chi connectivity index (χ0n) is 6.99. The van der Waals surface area contributed by atoms with Crippen LogP contribution in [0.1, 0.15) is 13.8 Å². The molecule has 68 valence electrons. The first-order valence-corrected chi connectivity index (χ1v) is 3.47. The predicted octanol–water partition coefficient (Wildman–Crippen LogP) is 0.767. The number of hydrogen-bond acceptors (Lipinski definition) is 4. The molecule has 0 spiro atoms. The normalized spacial score (nSPS) is 9.50. The molecule has 0 saturated heterocycles. The standard InChI is InChI=1S/C7H11NO4/c1-3-5-6(9)12-8-7(10)11-4-2/h3,5H,4H2,1-2H3,(H,8,10)/b5-3+. The molecule has 0 aromatic carbocycles. The summed E-state index contributed by atoms with van der Waals surface area (Å²) >= 11 is 0. The second-order valence-corrected chi connectivity index (χ2v) is 1.74. The van der Waals surface area contributed by atoms with Crippen molar-refractivity contribution < 1.29 is 19.2 Å². The first kappa shape index (κ1) is 10.5. The van der Waals surface area contributed by atoms with E-state index < -0.39 is 12.1 Å². The Morgan fingerprint density at radius 2 is 2.17 bits per heavy atom. The molecule has 0 aromatic heterocycles. The second-order valence-electron chi connectivity index (χ2n) is 1.74. The third-order valence-electron chi connectivity index (χ3n) is 0.813. The zero-order chi connectivity index (χ0) is 9.40. The summed E-state index contributed by atoms with van der Waals surface area (Å²) in [6.07, 6.45) is 1.89. The van der Waals surface area contributed by atoms with Gasteiger partial charge < -0.3 is 9.57 Å². The molecule has 0 atom stereocenters. The molecule has 0 radical (unpaired) electrons. The monoisotopic (exact) mass is 173 g/mol. The van der Waals surface area contributed by atoms with Crippen LogP contribution in [0.3, 0.4) is 0 Å². The van der Waals surface area contributed by atoms with Crippen molar-refractivity contribution in [3.63, 3.8) is 0 Å². The predicted molar refractivity (Wildman–Crippen MR) is 41.1 cm³/mol. The van der Waals surface area contributed by atoms with Crippen LogP contribution in [-0.2, 0) is 14.4 Å². The van der Waals surface area contributed by atoms with Gasteiger partial charge in [-0.3, -0.25) is 0 Å². The van der Waals surface area contributed by atoms with Gasteiger partial charge in [0.1, 0.15) is 0 Å². The Balaban J connectivity index is 3.54. The highest BCUT2D eigenvalue weighted by atomic mass is 16.7. The number of allylic oxidation sites excluding steroid dienone is 1. The first-order valence-electron chi connectivity index (χ1n) is 3.47. The number of ether oxygens (including phenoxy) is 1. The Labute approximate surface area is 70.3 Å². The second kappa shape index (κ2) is 6.21. The summed E-state index contributed by atoms with van der Waals surface area (Å²) in [4.78, 5) is 25.3. The van der Waals surface area contributed by atoms with E-state index in [-0.39, 0.29) is 6.61 Å². The molecular formula is C7H11NO4. The van der Waals surface area contributed by atoms with Crippen LogP contribution in [0.15, 0.2) is 12.2 Å². The van der Waals surface area contributed by atoms with Crippen LogP contribution < -0.4 is 5.48 Å². The van der Waals surface area contributed by atoms with Crippen molar-refractivity contribution in [3.8, 4) is 0 Å². The van der Waals surface area contributed by atoms with Crippen molar-refractivity contribution in [2.75, 3.05) is 6.61 Å². The minimum absolute atomic E-state index is 0.229. The van der Waals surface area contributed by atoms with Crippen LogP contribution in [0, 0.1) is 0 Å². The van der Waals surface area contributed by atoms with E-state index in [1.54, 1.807) is 19.3 Å². The van der Waals surface area contributed by atoms with Crippen molar-refractivity contribution >= 4 is 12.1 Å². The molecule has 0 saturated carbocycles. The van der Waals surface area contributed by atoms with E-state index in [2.05, 4.69) is 9.57 Å². The highest BCUT2D eigenvalue weighted by Crippen LogP contribution is 1.80. The highest BCUT2D eigenvalue weighted by molar-refractivity contribution is 5.82. The SMILES string of the molecule is C/C=C/C(=O)ONC(=O)OCC. The molecule has 0 fully saturated rings. The van der Waals surface area contributed by atoms with Crippen LogP contribution >= 0.6 is 0 Å². The fourth-order valence-electron chi connectivity index (χ4n) is 0.423. The highest BCUT2D eigenvalue weighted by Gasteiger charge is 2.02. The Hall–Kier alpha value is -1.52. The van der Waals surface area contributed by atoms with Gasteiger partial charge in [-0.05, 0) is 13.8 Å². The third kappa shape index (κ3) is 5.28. The summed E-state index contributed by atoms with van der Waals surface area (Å²) in [5, 5.41) is 0. The molecule has 0 aliphatic carbocycles. The van der Waals surface area contributed by atoms with E-state index in [0.29, 0.717) is 0 Å². The molecule has 0 aromatic rings. The van der Waals surface area contributed by atoms with Crippen LogP contribution in [0.5, 0.6) is 0 Å². The maximum atomic E-state index is 10.6. The summed E-state index contributed by atoms with van der Waals surface area (Å²) in [7, 11) is 0. The number of hydroxylamine groups is 1. The van der Waals surface area contributed by atoms with Crippen LogP contribution in [0.25, 0.3) is 0 Å². The number of amides is 1. The molecule has 0 rings (SSSR count). The summed E-state index contributed by atoms with van der Waals surface area (Å²) in [5.74, 6) is -0.648. The van der Waals surface area contributed by atoms with E-state index in [0.717, 1.165) is 0 Å². The quantitative estimate of drug-likeness (QED) is 0.494. The molecule has 0 bridgehead atoms. The zero-order valence-corrected chi connectivity index (χ0v) is 6.99. The van der Waals surface area contributed by atoms with Crippen LogP contribution in [0.2, 0.25) is 0 Å². The minimum Gasteiger partial charge on any atom is -0.448 e. The molecule has 0 heterocycles. The summed E-state index contributed by atoms with van der Waals surface area (Å²) in [6, 6.07) is 0. The number of carbonyl (C=O) groups excluding carboxylic acids is 2. The molecular weight excluding hydrogens is 162 g/mol. The molecule has 0 aliphatic rings. The first-order chi connectivity index (χ1) is 5.70. The lowest BCUT2D eigenvalue weighted by atomic mass is 10.5. The molecule has 5 nitrogen and oxygen atoms in total. The van der Waals surface area contributed by atoms with Gasteiger partial charge >= 0.3 is 12.1 Å². The van der Waals surface area contributed by atoms with Crippen LogP contribution in [-0.4, -0.2) is 18.7 Å². The Bertz CT molecular complexity index is 188. The van der Waals surface area contributed by atoms with Crippen molar-refractivity contribution in [2.24, 2.45) is 0 Å². The number of rotatable bonds is 2. The molecule has 0 unspecified atom stereocenters. The third-order valence-corrected chi connectivity index (χ3v) is 0.813. The smallest absolute Gasteiger partial charge is 0.440 e. The van der Waals surface area contributed by atoms with E-state index >= 15 is 0 Å². The van der Waals surface area contributed by atoms with Gasteiger partial charge in [0.25, 0.3) is 0 Å². The van der Waals surface area contributed by atoms with Gasteiger partial charge in [0.2, 0.25) is 0 Å². The van der Waals surface area contributed by atoms with E-state index in [1.807, 2.05) is 0 Å². The summed E-state index contributed by atoms with van der Waals surface area (Å²) < 4.78 is 4.42. The maximum Gasteiger partial charge on any atom is 0.440 e. The van der Waals surface area contributed by atoms with Crippen molar-refractivity contribution in [1.82, 2.24) is 5.48 Å². The van der Waals surface area contributed by atoms with E-state index in [1.165, 1.54) is 12.2 Å². The molecule has 1 N–H and O–H groups in total. The van der Waals surface area contributed by atoms with Gasteiger partial charge in [0, 0.05) is 6.08 Å². The lowest BCUT2D eigenvalue weighted by Crippen LogP contribution is -2.26. The maximum absolute atomic E-state index is 10.6. The van der Waals surface area contributed by atoms with E-state index in [9.17, 15) is 9.59 Å².